The molecule has 0 atom stereocenters. The Morgan fingerprint density at radius 1 is 1.22 bits per heavy atom. The number of benzene rings is 1. The van der Waals surface area contributed by atoms with E-state index in [0.717, 1.165) is 19.3 Å². The standard InChI is InChI=1S/C18H22ClN5O2S/c1-3-4-5-10-20-18(27)22-21-17(26)16-15(25)11-12(2)24(23-16)14-8-6-13(19)7-9-14/h6-9,11H,3-5,10H2,1-2H3,(H,21,26)(H2,20,22,27). The third-order valence-corrected chi connectivity index (χ3v) is 4.25. The molecule has 0 spiro atoms. The van der Waals surface area contributed by atoms with Crippen LogP contribution in [-0.2, 0) is 0 Å². The number of aromatic nitrogens is 2. The number of carbonyl (C=O) groups excluding carboxylic acids is 1. The van der Waals surface area contributed by atoms with E-state index in [9.17, 15) is 9.59 Å². The Labute approximate surface area is 168 Å². The molecular weight excluding hydrogens is 386 g/mol. The zero-order valence-corrected chi connectivity index (χ0v) is 16.8. The van der Waals surface area contributed by atoms with Crippen molar-refractivity contribution in [2.75, 3.05) is 6.54 Å². The first-order valence-corrected chi connectivity index (χ1v) is 9.42. The summed E-state index contributed by atoms with van der Waals surface area (Å²) in [5.74, 6) is -0.666. The normalized spacial score (nSPS) is 10.3. The predicted octanol–water partition coefficient (Wildman–Crippen LogP) is 2.49. The number of hydrazine groups is 1. The molecule has 27 heavy (non-hydrogen) atoms. The van der Waals surface area contributed by atoms with Crippen LogP contribution in [0.15, 0.2) is 35.1 Å². The molecule has 0 saturated heterocycles. The second kappa shape index (κ2) is 10.0. The molecule has 9 heteroatoms. The quantitative estimate of drug-likeness (QED) is 0.387. The third kappa shape index (κ3) is 6.04. The molecule has 0 fully saturated rings. The van der Waals surface area contributed by atoms with Crippen LogP contribution >= 0.6 is 23.8 Å². The van der Waals surface area contributed by atoms with Gasteiger partial charge in [0.05, 0.1) is 5.69 Å². The molecule has 1 aromatic carbocycles. The zero-order chi connectivity index (χ0) is 19.8. The minimum Gasteiger partial charge on any atom is -0.361 e. The summed E-state index contributed by atoms with van der Waals surface area (Å²) in [4.78, 5) is 24.5. The van der Waals surface area contributed by atoms with E-state index in [1.54, 1.807) is 31.2 Å². The van der Waals surface area contributed by atoms with Gasteiger partial charge < -0.3 is 5.32 Å². The van der Waals surface area contributed by atoms with Gasteiger partial charge in [-0.05, 0) is 49.8 Å². The van der Waals surface area contributed by atoms with Crippen LogP contribution in [0.2, 0.25) is 5.02 Å². The van der Waals surface area contributed by atoms with Crippen molar-refractivity contribution in [3.63, 3.8) is 0 Å². The molecule has 0 bridgehead atoms. The summed E-state index contributed by atoms with van der Waals surface area (Å²) >= 11 is 11.0. The molecule has 3 N–H and O–H groups in total. The highest BCUT2D eigenvalue weighted by atomic mass is 35.5. The summed E-state index contributed by atoms with van der Waals surface area (Å²) in [6, 6.07) is 8.28. The van der Waals surface area contributed by atoms with Gasteiger partial charge in [-0.25, -0.2) is 4.68 Å². The highest BCUT2D eigenvalue weighted by Crippen LogP contribution is 2.13. The molecule has 1 aromatic heterocycles. The van der Waals surface area contributed by atoms with Gasteiger partial charge in [-0.3, -0.25) is 20.4 Å². The maximum atomic E-state index is 12.3. The fraction of sp³-hybridized carbons (Fsp3) is 0.333. The summed E-state index contributed by atoms with van der Waals surface area (Å²) in [7, 11) is 0. The maximum absolute atomic E-state index is 12.3. The highest BCUT2D eigenvalue weighted by Gasteiger charge is 2.15. The van der Waals surface area contributed by atoms with E-state index in [0.29, 0.717) is 22.9 Å². The summed E-state index contributed by atoms with van der Waals surface area (Å²) in [6.45, 7) is 4.56. The van der Waals surface area contributed by atoms with Crippen LogP contribution in [0.1, 0.15) is 42.4 Å². The number of aryl methyl sites for hydroxylation is 1. The zero-order valence-electron chi connectivity index (χ0n) is 15.2. The van der Waals surface area contributed by atoms with Crippen LogP contribution in [0, 0.1) is 6.92 Å². The van der Waals surface area contributed by atoms with Crippen molar-refractivity contribution < 1.29 is 4.79 Å². The van der Waals surface area contributed by atoms with Gasteiger partial charge >= 0.3 is 0 Å². The Balaban J connectivity index is 2.07. The number of amides is 1. The van der Waals surface area contributed by atoms with Gasteiger partial charge in [-0.2, -0.15) is 5.10 Å². The molecule has 0 aliphatic carbocycles. The molecule has 2 rings (SSSR count). The van der Waals surface area contributed by atoms with Gasteiger partial charge in [-0.1, -0.05) is 31.4 Å². The van der Waals surface area contributed by atoms with Crippen molar-refractivity contribution >= 4 is 34.8 Å². The van der Waals surface area contributed by atoms with Crippen LogP contribution in [0.5, 0.6) is 0 Å². The number of rotatable bonds is 6. The van der Waals surface area contributed by atoms with Gasteiger partial charge in [0, 0.05) is 23.3 Å². The van der Waals surface area contributed by atoms with Crippen molar-refractivity contribution in [3.05, 3.63) is 57.0 Å². The van der Waals surface area contributed by atoms with E-state index in [1.807, 2.05) is 0 Å². The molecule has 0 aliphatic heterocycles. The van der Waals surface area contributed by atoms with Gasteiger partial charge in [0.15, 0.2) is 10.8 Å². The lowest BCUT2D eigenvalue weighted by atomic mass is 10.2. The summed E-state index contributed by atoms with van der Waals surface area (Å²) in [5.41, 5.74) is 5.55. The lowest BCUT2D eigenvalue weighted by molar-refractivity contribution is 0.0935. The molecule has 7 nitrogen and oxygen atoms in total. The number of halogens is 1. The summed E-state index contributed by atoms with van der Waals surface area (Å²) in [5, 5.41) is 8.03. The topological polar surface area (TPSA) is 88.0 Å². The molecule has 144 valence electrons. The minimum absolute atomic E-state index is 0.239. The van der Waals surface area contributed by atoms with E-state index in [1.165, 1.54) is 10.7 Å². The first kappa shape index (κ1) is 20.9. The second-order valence-corrected chi connectivity index (χ2v) is 6.77. The molecule has 2 aromatic rings. The van der Waals surface area contributed by atoms with Crippen LogP contribution < -0.4 is 21.6 Å². The average Bonchev–Trinajstić information content (AvgIpc) is 2.64. The molecule has 1 heterocycles. The van der Waals surface area contributed by atoms with E-state index in [4.69, 9.17) is 23.8 Å². The van der Waals surface area contributed by atoms with Crippen LogP contribution in [-0.4, -0.2) is 27.3 Å². The van der Waals surface area contributed by atoms with E-state index in [2.05, 4.69) is 28.2 Å². The number of carbonyl (C=O) groups is 1. The summed E-state index contributed by atoms with van der Waals surface area (Å²) in [6.07, 6.45) is 3.19. The Hall–Kier alpha value is -2.45. The Kier molecular flexibility index (Phi) is 7.75. The molecule has 0 saturated carbocycles. The van der Waals surface area contributed by atoms with Gasteiger partial charge in [0.1, 0.15) is 0 Å². The van der Waals surface area contributed by atoms with Gasteiger partial charge in [0.2, 0.25) is 5.43 Å². The van der Waals surface area contributed by atoms with E-state index < -0.39 is 11.3 Å². The molecular formula is C18H22ClN5O2S. The Morgan fingerprint density at radius 2 is 1.93 bits per heavy atom. The first-order chi connectivity index (χ1) is 12.9. The second-order valence-electron chi connectivity index (χ2n) is 5.93. The number of hydrogen-bond donors (Lipinski definition) is 3. The highest BCUT2D eigenvalue weighted by molar-refractivity contribution is 7.80. The van der Waals surface area contributed by atoms with E-state index in [-0.39, 0.29) is 10.8 Å². The average molecular weight is 408 g/mol. The van der Waals surface area contributed by atoms with Crippen molar-refractivity contribution in [2.45, 2.75) is 33.1 Å². The van der Waals surface area contributed by atoms with Crippen molar-refractivity contribution in [2.24, 2.45) is 0 Å². The Bertz CT molecular complexity index is 867. The third-order valence-electron chi connectivity index (χ3n) is 3.75. The van der Waals surface area contributed by atoms with Crippen molar-refractivity contribution in [3.8, 4) is 5.69 Å². The fourth-order valence-corrected chi connectivity index (χ4v) is 2.62. The van der Waals surface area contributed by atoms with Crippen LogP contribution in [0.3, 0.4) is 0 Å². The largest absolute Gasteiger partial charge is 0.361 e. The molecule has 0 aliphatic rings. The van der Waals surface area contributed by atoms with Gasteiger partial charge in [-0.15, -0.1) is 0 Å². The molecule has 0 unspecified atom stereocenters. The van der Waals surface area contributed by atoms with Crippen molar-refractivity contribution in [1.82, 2.24) is 25.9 Å². The lowest BCUT2D eigenvalue weighted by Gasteiger charge is -2.13. The Morgan fingerprint density at radius 3 is 2.59 bits per heavy atom. The minimum atomic E-state index is -0.666. The first-order valence-electron chi connectivity index (χ1n) is 8.63. The maximum Gasteiger partial charge on any atom is 0.294 e. The smallest absolute Gasteiger partial charge is 0.294 e. The predicted molar refractivity (Wildman–Crippen MR) is 110 cm³/mol. The number of thiocarbonyl (C=S) groups is 1. The number of nitrogens with one attached hydrogen (secondary N) is 3. The van der Waals surface area contributed by atoms with Gasteiger partial charge in [0.25, 0.3) is 5.91 Å². The summed E-state index contributed by atoms with van der Waals surface area (Å²) < 4.78 is 1.51. The number of nitrogens with zero attached hydrogens (tertiary/aromatic N) is 2. The van der Waals surface area contributed by atoms with Crippen molar-refractivity contribution in [1.29, 1.82) is 0 Å². The van der Waals surface area contributed by atoms with E-state index >= 15 is 0 Å². The lowest BCUT2D eigenvalue weighted by Crippen LogP contribution is -2.48. The number of unbranched alkanes of at least 4 members (excludes halogenated alkanes) is 2. The molecule has 1 amide bonds. The fourth-order valence-electron chi connectivity index (χ4n) is 2.34. The van der Waals surface area contributed by atoms with Crippen LogP contribution in [0.4, 0.5) is 0 Å². The van der Waals surface area contributed by atoms with Crippen LogP contribution in [0.25, 0.3) is 5.69 Å². The monoisotopic (exact) mass is 407 g/mol. The molecule has 0 radical (unpaired) electrons. The number of hydrogen-bond acceptors (Lipinski definition) is 4. The SMILES string of the molecule is CCCCCNC(=S)NNC(=O)c1nn(-c2ccc(Cl)cc2)c(C)cc1=O.